The van der Waals surface area contributed by atoms with Crippen LogP contribution in [0.5, 0.6) is 0 Å². The van der Waals surface area contributed by atoms with Crippen molar-refractivity contribution < 1.29 is 19.8 Å². The van der Waals surface area contributed by atoms with E-state index in [1.54, 1.807) is 25.6 Å². The average Bonchev–Trinajstić information content (AvgIpc) is 2.46. The van der Waals surface area contributed by atoms with Crippen molar-refractivity contribution in [2.45, 2.75) is 89.6 Å². The van der Waals surface area contributed by atoms with E-state index in [0.717, 1.165) is 19.3 Å². The lowest BCUT2D eigenvalue weighted by atomic mass is 9.95. The molecule has 0 radical (unpaired) electrons. The highest BCUT2D eigenvalue weighted by Gasteiger charge is 2.30. The fraction of sp³-hybridized carbons (Fsp3) is 0.875. The Morgan fingerprint density at radius 3 is 1.81 bits per heavy atom. The summed E-state index contributed by atoms with van der Waals surface area (Å²) in [4.78, 5) is 20.3. The quantitative estimate of drug-likeness (QED) is 0.565. The van der Waals surface area contributed by atoms with Crippen LogP contribution in [0.15, 0.2) is 0 Å². The van der Waals surface area contributed by atoms with Gasteiger partial charge in [0, 0.05) is 11.2 Å². The largest absolute Gasteiger partial charge is 0.481 e. The molecule has 0 fully saturated rings. The minimum absolute atomic E-state index is 0.174. The van der Waals surface area contributed by atoms with Gasteiger partial charge in [0.1, 0.15) is 0 Å². The van der Waals surface area contributed by atoms with E-state index in [4.69, 9.17) is 10.2 Å². The molecule has 1 unspecified atom stereocenters. The molecule has 0 saturated heterocycles. The highest BCUT2D eigenvalue weighted by Crippen LogP contribution is 2.40. The normalized spacial score (nSPS) is 12.2. The first-order valence-corrected chi connectivity index (χ1v) is 8.78. The molecule has 1 atom stereocenters. The first-order valence-electron chi connectivity index (χ1n) is 7.90. The number of hydrogen-bond acceptors (Lipinski definition) is 3. The molecular formula is C16H32O4S. The van der Waals surface area contributed by atoms with Crippen LogP contribution in [0.1, 0.15) is 79.6 Å². The Morgan fingerprint density at radius 1 is 1.05 bits per heavy atom. The van der Waals surface area contributed by atoms with Crippen molar-refractivity contribution in [1.29, 1.82) is 0 Å². The number of carboxylic acids is 2. The van der Waals surface area contributed by atoms with Crippen LogP contribution in [0, 0.1) is 0 Å². The van der Waals surface area contributed by atoms with E-state index < -0.39 is 11.9 Å². The van der Waals surface area contributed by atoms with Crippen LogP contribution >= 0.6 is 11.8 Å². The number of thioether (sulfide) groups is 1. The Hall–Kier alpha value is -0.710. The number of rotatable bonds is 10. The molecule has 0 heterocycles. The summed E-state index contributed by atoms with van der Waals surface area (Å²) >= 11 is 1.65. The molecule has 0 aromatic carbocycles. The lowest BCUT2D eigenvalue weighted by Crippen LogP contribution is -2.28. The molecule has 126 valence electrons. The summed E-state index contributed by atoms with van der Waals surface area (Å²) in [7, 11) is 0. The van der Waals surface area contributed by atoms with Gasteiger partial charge in [0.2, 0.25) is 0 Å². The second kappa shape index (κ2) is 13.0. The van der Waals surface area contributed by atoms with Gasteiger partial charge in [-0.05, 0) is 26.2 Å². The molecule has 5 heteroatoms. The number of carbonyl (C=O) groups is 2. The Kier molecular flexibility index (Phi) is 14.0. The van der Waals surface area contributed by atoms with E-state index in [2.05, 4.69) is 20.8 Å². The summed E-state index contributed by atoms with van der Waals surface area (Å²) in [5.74, 6) is -1.43. The lowest BCUT2D eigenvalue weighted by Gasteiger charge is -2.32. The van der Waals surface area contributed by atoms with Crippen LogP contribution in [0.2, 0.25) is 0 Å². The molecule has 0 spiro atoms. The average molecular weight is 320 g/mol. The van der Waals surface area contributed by atoms with Crippen molar-refractivity contribution in [2.24, 2.45) is 0 Å². The van der Waals surface area contributed by atoms with Gasteiger partial charge in [-0.1, -0.05) is 47.0 Å². The van der Waals surface area contributed by atoms with E-state index in [1.165, 1.54) is 19.3 Å². The maximum Gasteiger partial charge on any atom is 0.316 e. The van der Waals surface area contributed by atoms with Gasteiger partial charge in [0.05, 0.1) is 5.25 Å². The Labute approximate surface area is 133 Å². The first-order chi connectivity index (χ1) is 9.78. The molecule has 0 bridgehead atoms. The van der Waals surface area contributed by atoms with Crippen LogP contribution in [-0.4, -0.2) is 32.1 Å². The van der Waals surface area contributed by atoms with Crippen LogP contribution in [0.3, 0.4) is 0 Å². The van der Waals surface area contributed by atoms with Crippen LogP contribution in [0.25, 0.3) is 0 Å². The van der Waals surface area contributed by atoms with Gasteiger partial charge in [-0.2, -0.15) is 0 Å². The minimum Gasteiger partial charge on any atom is -0.481 e. The highest BCUT2D eigenvalue weighted by atomic mass is 32.2. The van der Waals surface area contributed by atoms with E-state index in [9.17, 15) is 9.59 Å². The summed E-state index contributed by atoms with van der Waals surface area (Å²) < 4.78 is 0.174. The molecular weight excluding hydrogens is 288 g/mol. The van der Waals surface area contributed by atoms with Crippen LogP contribution in [-0.2, 0) is 9.59 Å². The second-order valence-electron chi connectivity index (χ2n) is 5.19. The predicted octanol–water partition coefficient (Wildman–Crippen LogP) is 4.81. The third-order valence-corrected chi connectivity index (χ3v) is 5.44. The Balaban J connectivity index is 0. The molecule has 21 heavy (non-hydrogen) atoms. The van der Waals surface area contributed by atoms with Crippen molar-refractivity contribution in [3.8, 4) is 0 Å². The maximum atomic E-state index is 10.9. The third kappa shape index (κ3) is 11.6. The molecule has 0 rings (SSSR count). The molecule has 0 saturated carbocycles. The van der Waals surface area contributed by atoms with Crippen molar-refractivity contribution in [1.82, 2.24) is 0 Å². The standard InChI is InChI=1S/C13H26O2S.C3H6O2/c1-5-8-9-10-13(6-2,7-3)16-11(4)12(14)15;1-2-3(4)5/h11H,5-10H2,1-4H3,(H,14,15);2H2,1H3,(H,4,5). The summed E-state index contributed by atoms with van der Waals surface area (Å²) in [5.41, 5.74) is 0. The number of aliphatic carboxylic acids is 2. The molecule has 0 aliphatic carbocycles. The fourth-order valence-electron chi connectivity index (χ4n) is 1.95. The van der Waals surface area contributed by atoms with Gasteiger partial charge in [0.15, 0.2) is 0 Å². The number of carboxylic acid groups (broad SMARTS) is 2. The molecule has 2 N–H and O–H groups in total. The monoisotopic (exact) mass is 320 g/mol. The SMILES string of the molecule is CCC(=O)O.CCCCCC(CC)(CC)SC(C)C(=O)O. The van der Waals surface area contributed by atoms with E-state index >= 15 is 0 Å². The highest BCUT2D eigenvalue weighted by molar-refractivity contribution is 8.01. The number of unbranched alkanes of at least 4 members (excludes halogenated alkanes) is 2. The van der Waals surface area contributed by atoms with E-state index in [0.29, 0.717) is 0 Å². The van der Waals surface area contributed by atoms with Gasteiger partial charge >= 0.3 is 11.9 Å². The number of hydrogen-bond donors (Lipinski definition) is 2. The zero-order valence-corrected chi connectivity index (χ0v) is 15.0. The second-order valence-corrected chi connectivity index (χ2v) is 7.00. The van der Waals surface area contributed by atoms with Gasteiger partial charge in [-0.3, -0.25) is 9.59 Å². The van der Waals surface area contributed by atoms with Gasteiger partial charge in [-0.15, -0.1) is 11.8 Å². The Bertz CT molecular complexity index is 288. The molecule has 0 aromatic rings. The summed E-state index contributed by atoms with van der Waals surface area (Å²) in [6.07, 6.45) is 7.20. The third-order valence-electron chi connectivity index (χ3n) is 3.60. The van der Waals surface area contributed by atoms with Crippen molar-refractivity contribution in [3.63, 3.8) is 0 Å². The van der Waals surface area contributed by atoms with Gasteiger partial charge in [-0.25, -0.2) is 0 Å². The smallest absolute Gasteiger partial charge is 0.316 e. The summed E-state index contributed by atoms with van der Waals surface area (Å²) in [5, 5.41) is 16.4. The van der Waals surface area contributed by atoms with Gasteiger partial charge < -0.3 is 10.2 Å². The van der Waals surface area contributed by atoms with Crippen molar-refractivity contribution in [3.05, 3.63) is 0 Å². The molecule has 0 aliphatic rings. The molecule has 0 amide bonds. The predicted molar refractivity (Wildman–Crippen MR) is 90.1 cm³/mol. The van der Waals surface area contributed by atoms with Crippen molar-refractivity contribution >= 4 is 23.7 Å². The summed E-state index contributed by atoms with van der Waals surface area (Å²) in [6.45, 7) is 9.95. The fourth-order valence-corrected chi connectivity index (χ4v) is 3.40. The molecule has 0 aliphatic heterocycles. The zero-order chi connectivity index (χ0) is 16.9. The molecule has 4 nitrogen and oxygen atoms in total. The van der Waals surface area contributed by atoms with Gasteiger partial charge in [0.25, 0.3) is 0 Å². The lowest BCUT2D eigenvalue weighted by molar-refractivity contribution is -0.137. The first kappa shape index (κ1) is 22.6. The van der Waals surface area contributed by atoms with Crippen LogP contribution in [0.4, 0.5) is 0 Å². The van der Waals surface area contributed by atoms with E-state index in [1.807, 2.05) is 0 Å². The topological polar surface area (TPSA) is 74.6 Å². The van der Waals surface area contributed by atoms with Crippen molar-refractivity contribution in [2.75, 3.05) is 0 Å². The zero-order valence-electron chi connectivity index (χ0n) is 14.1. The van der Waals surface area contributed by atoms with E-state index in [-0.39, 0.29) is 16.4 Å². The molecule has 0 aromatic heterocycles. The van der Waals surface area contributed by atoms with Crippen LogP contribution < -0.4 is 0 Å². The maximum absolute atomic E-state index is 10.9. The minimum atomic E-state index is -0.745. The Morgan fingerprint density at radius 2 is 1.52 bits per heavy atom. The summed E-state index contributed by atoms with van der Waals surface area (Å²) in [6, 6.07) is 0.